The van der Waals surface area contributed by atoms with Crippen LogP contribution in [0.2, 0.25) is 0 Å². The van der Waals surface area contributed by atoms with Gasteiger partial charge in [0.2, 0.25) is 0 Å². The van der Waals surface area contributed by atoms with Crippen LogP contribution in [0.3, 0.4) is 0 Å². The summed E-state index contributed by atoms with van der Waals surface area (Å²) in [6.45, 7) is 14.0. The van der Waals surface area contributed by atoms with Crippen LogP contribution < -0.4 is 5.32 Å². The van der Waals surface area contributed by atoms with Crippen molar-refractivity contribution < 1.29 is 18.3 Å². The van der Waals surface area contributed by atoms with Crippen LogP contribution in [-0.2, 0) is 0 Å². The number of alkyl halides is 3. The largest absolute Gasteiger partial charge is 0.506 e. The van der Waals surface area contributed by atoms with E-state index in [4.69, 9.17) is 0 Å². The number of halogens is 3. The number of aliphatic hydroxyl groups excluding tert-OH is 1. The third kappa shape index (κ3) is 6.88. The van der Waals surface area contributed by atoms with Crippen molar-refractivity contribution in [1.82, 2.24) is 19.6 Å². The number of hydrogen-bond acceptors (Lipinski definition) is 6. The first kappa shape index (κ1) is 28.0. The molecule has 0 bridgehead atoms. The van der Waals surface area contributed by atoms with Crippen LogP contribution >= 0.6 is 0 Å². The normalized spacial score (nSPS) is 27.1. The number of nitrogens with zero attached hydrogens (tertiary/aromatic N) is 4. The molecule has 0 spiro atoms. The summed E-state index contributed by atoms with van der Waals surface area (Å²) in [6, 6.07) is 8.82. The molecule has 1 aliphatic carbocycles. The molecule has 1 aromatic carbocycles. The van der Waals surface area contributed by atoms with E-state index in [2.05, 4.69) is 38.8 Å². The molecule has 3 aliphatic rings. The number of benzene rings is 1. The molecule has 4 rings (SSSR count). The Balaban J connectivity index is 1.62. The van der Waals surface area contributed by atoms with Gasteiger partial charge in [-0.05, 0) is 44.3 Å². The van der Waals surface area contributed by atoms with Gasteiger partial charge >= 0.3 is 6.18 Å². The molecule has 2 N–H and O–H groups in total. The fourth-order valence-electron chi connectivity index (χ4n) is 6.00. The van der Waals surface area contributed by atoms with Crippen molar-refractivity contribution in [3.05, 3.63) is 53.9 Å². The molecule has 37 heavy (non-hydrogen) atoms. The second-order valence-corrected chi connectivity index (χ2v) is 10.6. The number of anilines is 1. The van der Waals surface area contributed by atoms with Gasteiger partial charge in [0.05, 0.1) is 5.70 Å². The van der Waals surface area contributed by atoms with Gasteiger partial charge in [-0.15, -0.1) is 0 Å². The lowest BCUT2D eigenvalue weighted by molar-refractivity contribution is -0.193. The topological polar surface area (TPSA) is 45.2 Å². The van der Waals surface area contributed by atoms with Gasteiger partial charge in [-0.3, -0.25) is 4.90 Å². The Kier molecular flexibility index (Phi) is 9.21. The third-order valence-electron chi connectivity index (χ3n) is 8.33. The second-order valence-electron chi connectivity index (χ2n) is 10.6. The van der Waals surface area contributed by atoms with E-state index in [1.165, 1.54) is 6.08 Å². The lowest BCUT2D eigenvalue weighted by atomic mass is 9.67. The highest BCUT2D eigenvalue weighted by Crippen LogP contribution is 2.51. The number of aliphatic hydroxyl groups is 1. The number of piperazine rings is 2. The van der Waals surface area contributed by atoms with Crippen molar-refractivity contribution >= 4 is 5.69 Å². The zero-order chi connectivity index (χ0) is 26.5. The van der Waals surface area contributed by atoms with E-state index >= 15 is 13.2 Å². The minimum Gasteiger partial charge on any atom is -0.506 e. The minimum atomic E-state index is -4.53. The number of hydrogen-bond donors (Lipinski definition) is 2. The summed E-state index contributed by atoms with van der Waals surface area (Å²) in [6.07, 6.45) is -1.00. The van der Waals surface area contributed by atoms with Gasteiger partial charge in [0.1, 0.15) is 11.7 Å². The molecule has 206 valence electrons. The van der Waals surface area contributed by atoms with Crippen molar-refractivity contribution in [2.75, 3.05) is 83.9 Å². The summed E-state index contributed by atoms with van der Waals surface area (Å²) in [5.41, 5.74) is -0.795. The zero-order valence-electron chi connectivity index (χ0n) is 22.2. The molecule has 2 aliphatic heterocycles. The lowest BCUT2D eigenvalue weighted by Gasteiger charge is -2.48. The van der Waals surface area contributed by atoms with E-state index in [0.717, 1.165) is 65.4 Å². The van der Waals surface area contributed by atoms with Gasteiger partial charge in [-0.1, -0.05) is 38.1 Å². The predicted molar refractivity (Wildman–Crippen MR) is 143 cm³/mol. The van der Waals surface area contributed by atoms with E-state index in [1.54, 1.807) is 30.3 Å². The van der Waals surface area contributed by atoms with Crippen molar-refractivity contribution in [1.29, 1.82) is 0 Å². The quantitative estimate of drug-likeness (QED) is 0.506. The van der Waals surface area contributed by atoms with Crippen LogP contribution in [0.5, 0.6) is 0 Å². The molecular weight excluding hydrogens is 479 g/mol. The Hall–Kier alpha value is -2.07. The molecule has 0 radical (unpaired) electrons. The highest BCUT2D eigenvalue weighted by molar-refractivity contribution is 5.52. The summed E-state index contributed by atoms with van der Waals surface area (Å²) in [5.74, 6) is -2.17. The highest BCUT2D eigenvalue weighted by atomic mass is 19.4. The van der Waals surface area contributed by atoms with Crippen molar-refractivity contribution in [2.24, 2.45) is 11.3 Å². The van der Waals surface area contributed by atoms with E-state index < -0.39 is 17.5 Å². The molecule has 9 heteroatoms. The fourth-order valence-corrected chi connectivity index (χ4v) is 6.00. The van der Waals surface area contributed by atoms with E-state index in [9.17, 15) is 5.11 Å². The Morgan fingerprint density at radius 1 is 0.865 bits per heavy atom. The van der Waals surface area contributed by atoms with E-state index in [1.807, 2.05) is 6.07 Å². The van der Waals surface area contributed by atoms with E-state index in [0.29, 0.717) is 25.2 Å². The van der Waals surface area contributed by atoms with Gasteiger partial charge in [-0.2, -0.15) is 13.2 Å². The monoisotopic (exact) mass is 521 g/mol. The SMILES string of the molecule is CCN1CCN(CCC2(CN3CCN(CC)CC3)C=CC(O)=C(Nc3ccccc3)C2C(F)(F)F)CC1. The first-order valence-electron chi connectivity index (χ1n) is 13.6. The molecule has 2 fully saturated rings. The molecule has 2 unspecified atom stereocenters. The smallest absolute Gasteiger partial charge is 0.398 e. The van der Waals surface area contributed by atoms with Gasteiger partial charge in [0.25, 0.3) is 0 Å². The maximum Gasteiger partial charge on any atom is 0.398 e. The maximum atomic E-state index is 15.0. The van der Waals surface area contributed by atoms with Crippen LogP contribution in [0.1, 0.15) is 20.3 Å². The molecule has 0 saturated carbocycles. The first-order valence-corrected chi connectivity index (χ1v) is 13.6. The molecule has 6 nitrogen and oxygen atoms in total. The average Bonchev–Trinajstić information content (AvgIpc) is 2.90. The Morgan fingerprint density at radius 3 is 1.95 bits per heavy atom. The summed E-state index contributed by atoms with van der Waals surface area (Å²) < 4.78 is 45.1. The Morgan fingerprint density at radius 2 is 1.41 bits per heavy atom. The van der Waals surface area contributed by atoms with Crippen molar-refractivity contribution in [3.63, 3.8) is 0 Å². The predicted octanol–water partition coefficient (Wildman–Crippen LogP) is 4.27. The number of nitrogens with one attached hydrogen (secondary N) is 1. The molecule has 2 atom stereocenters. The number of para-hydroxylation sites is 1. The van der Waals surface area contributed by atoms with Gasteiger partial charge in [0, 0.05) is 70.0 Å². The summed E-state index contributed by atoms with van der Waals surface area (Å²) in [5, 5.41) is 13.7. The first-order chi connectivity index (χ1) is 17.7. The third-order valence-corrected chi connectivity index (χ3v) is 8.33. The molecule has 2 saturated heterocycles. The van der Waals surface area contributed by atoms with Crippen LogP contribution in [0.15, 0.2) is 53.9 Å². The highest BCUT2D eigenvalue weighted by Gasteiger charge is 2.57. The molecule has 1 aromatic rings. The number of rotatable bonds is 9. The van der Waals surface area contributed by atoms with Crippen LogP contribution in [-0.4, -0.2) is 109 Å². The van der Waals surface area contributed by atoms with E-state index in [-0.39, 0.29) is 11.5 Å². The lowest BCUT2D eigenvalue weighted by Crippen LogP contribution is -2.55. The number of likely N-dealkylation sites (N-methyl/N-ethyl adjacent to an activating group) is 2. The average molecular weight is 522 g/mol. The maximum absolute atomic E-state index is 15.0. The Labute approximate surface area is 219 Å². The van der Waals surface area contributed by atoms with Gasteiger partial charge in [0.15, 0.2) is 0 Å². The fraction of sp³-hybridized carbons (Fsp3) is 0.643. The number of allylic oxidation sites excluding steroid dienone is 2. The molecule has 2 heterocycles. The van der Waals surface area contributed by atoms with Crippen molar-refractivity contribution in [2.45, 2.75) is 26.4 Å². The molecule has 0 amide bonds. The summed E-state index contributed by atoms with van der Waals surface area (Å²) in [7, 11) is 0. The van der Waals surface area contributed by atoms with Gasteiger partial charge in [-0.25, -0.2) is 0 Å². The van der Waals surface area contributed by atoms with Gasteiger partial charge < -0.3 is 25.1 Å². The summed E-state index contributed by atoms with van der Waals surface area (Å²) in [4.78, 5) is 9.20. The van der Waals surface area contributed by atoms with Crippen molar-refractivity contribution in [3.8, 4) is 0 Å². The van der Waals surface area contributed by atoms with Crippen LogP contribution in [0.25, 0.3) is 0 Å². The molecular formula is C28H42F3N5O. The van der Waals surface area contributed by atoms with Crippen LogP contribution in [0, 0.1) is 11.3 Å². The Bertz CT molecular complexity index is 921. The standard InChI is InChI=1S/C28H42F3N5O/c1-3-33-14-18-35(19-15-33)13-12-27(22-36-20-16-34(4-2)17-21-36)11-10-24(37)25(26(27)28(29,30)31)32-23-8-6-5-7-9-23/h5-11,26,32,37H,3-4,12-22H2,1-2H3. The van der Waals surface area contributed by atoms with Crippen LogP contribution in [0.4, 0.5) is 18.9 Å². The summed E-state index contributed by atoms with van der Waals surface area (Å²) >= 11 is 0. The molecule has 0 aromatic heterocycles. The minimum absolute atomic E-state index is 0.149. The zero-order valence-corrected chi connectivity index (χ0v) is 22.2. The second kappa shape index (κ2) is 12.2.